The van der Waals surface area contributed by atoms with Crippen molar-refractivity contribution in [3.05, 3.63) is 108 Å². The number of nitrogens with zero attached hydrogens (tertiary/aromatic N) is 1. The average molecular weight is 565 g/mol. The summed E-state index contributed by atoms with van der Waals surface area (Å²) in [4.78, 5) is 13.1. The van der Waals surface area contributed by atoms with Crippen LogP contribution in [0.2, 0.25) is 0 Å². The van der Waals surface area contributed by atoms with E-state index in [4.69, 9.17) is 3.07 Å². The van der Waals surface area contributed by atoms with Gasteiger partial charge in [-0.3, -0.25) is 0 Å². The van der Waals surface area contributed by atoms with Crippen LogP contribution in [0, 0.1) is 18.5 Å². The Kier molecular flexibility index (Phi) is 7.99. The number of hydrogen-bond donors (Lipinski definition) is 0. The van der Waals surface area contributed by atoms with Crippen LogP contribution in [0.4, 0.5) is 0 Å². The van der Waals surface area contributed by atoms with Crippen molar-refractivity contribution < 1.29 is 7.86 Å². The fourth-order valence-electron chi connectivity index (χ4n) is 3.31. The quantitative estimate of drug-likeness (QED) is 0.180. The third-order valence-electron chi connectivity index (χ3n) is 5.42. The van der Waals surface area contributed by atoms with Gasteiger partial charge in [0.2, 0.25) is 0 Å². The van der Waals surface area contributed by atoms with Gasteiger partial charge in [0.1, 0.15) is 0 Å². The van der Waals surface area contributed by atoms with Crippen molar-refractivity contribution in [2.75, 3.05) is 0 Å². The molecule has 0 atom stereocenters. The van der Waals surface area contributed by atoms with Gasteiger partial charge in [-0.1, -0.05) is 0 Å². The van der Waals surface area contributed by atoms with Gasteiger partial charge in [0, 0.05) is 0 Å². The summed E-state index contributed by atoms with van der Waals surface area (Å²) in [6.07, 6.45) is 1.59. The van der Waals surface area contributed by atoms with E-state index in [1.165, 1.54) is 11.1 Å². The van der Waals surface area contributed by atoms with E-state index in [9.17, 15) is 10.1 Å². The maximum atomic E-state index is 13.1. The van der Waals surface area contributed by atoms with E-state index < -0.39 is 26.2 Å². The Morgan fingerprint density at radius 3 is 1.59 bits per heavy atom. The molecule has 0 aliphatic rings. The molecule has 0 amide bonds. The van der Waals surface area contributed by atoms with Gasteiger partial charge in [0.25, 0.3) is 0 Å². The molecule has 3 nitrogen and oxygen atoms in total. The molecule has 0 aliphatic carbocycles. The Morgan fingerprint density at radius 1 is 0.765 bits per heavy atom. The zero-order valence-electron chi connectivity index (χ0n) is 20.7. The van der Waals surface area contributed by atoms with Crippen LogP contribution in [0.5, 0.6) is 0 Å². The van der Waals surface area contributed by atoms with Crippen molar-refractivity contribution in [1.29, 1.82) is 5.26 Å². The molecule has 0 spiro atoms. The summed E-state index contributed by atoms with van der Waals surface area (Å²) in [5.74, 6) is -0.573. The van der Waals surface area contributed by atoms with Gasteiger partial charge in [-0.2, -0.15) is 0 Å². The van der Waals surface area contributed by atoms with Crippen LogP contribution in [0.1, 0.15) is 58.2 Å². The zero-order valence-corrected chi connectivity index (χ0v) is 22.9. The molecule has 0 heterocycles. The van der Waals surface area contributed by atoms with Gasteiger partial charge < -0.3 is 0 Å². The molecule has 0 bridgehead atoms. The molecule has 34 heavy (non-hydrogen) atoms. The standard InChI is InChI=1S/C30H32INO2/c1-29(2,3)24-12-16-26(17-13-24)31(27-18-14-25(15-19-27)30(4,5)6)34-28(33)23(21-32)20-22-10-8-7-9-11-22/h7-20H,1-6H3. The molecular weight excluding hydrogens is 533 g/mol. The van der Waals surface area contributed by atoms with E-state index in [2.05, 4.69) is 90.1 Å². The molecule has 4 heteroatoms. The first-order valence-corrected chi connectivity index (χ1v) is 14.3. The first-order chi connectivity index (χ1) is 16.0. The van der Waals surface area contributed by atoms with Gasteiger partial charge in [-0.25, -0.2) is 0 Å². The van der Waals surface area contributed by atoms with Crippen LogP contribution in [0.15, 0.2) is 84.4 Å². The Labute approximate surface area is 211 Å². The summed E-state index contributed by atoms with van der Waals surface area (Å²) in [7, 11) is 0. The fraction of sp³-hybridized carbons (Fsp3) is 0.267. The summed E-state index contributed by atoms with van der Waals surface area (Å²) < 4.78 is 8.16. The van der Waals surface area contributed by atoms with Crippen molar-refractivity contribution in [2.24, 2.45) is 0 Å². The zero-order chi connectivity index (χ0) is 24.9. The molecule has 0 radical (unpaired) electrons. The number of rotatable bonds is 5. The molecule has 0 fully saturated rings. The molecule has 176 valence electrons. The third kappa shape index (κ3) is 6.57. The summed E-state index contributed by atoms with van der Waals surface area (Å²) in [5.41, 5.74) is 3.32. The van der Waals surface area contributed by atoms with Crippen LogP contribution in [-0.2, 0) is 18.7 Å². The predicted octanol–water partition coefficient (Wildman–Crippen LogP) is 7.89. The molecule has 0 aliphatic heterocycles. The van der Waals surface area contributed by atoms with Crippen LogP contribution in [0.25, 0.3) is 6.08 Å². The van der Waals surface area contributed by atoms with Gasteiger partial charge in [-0.15, -0.1) is 0 Å². The van der Waals surface area contributed by atoms with Gasteiger partial charge in [0.05, 0.1) is 0 Å². The number of hydrogen-bond acceptors (Lipinski definition) is 3. The maximum absolute atomic E-state index is 13.1. The van der Waals surface area contributed by atoms with Crippen LogP contribution >= 0.6 is 20.2 Å². The summed E-state index contributed by atoms with van der Waals surface area (Å²) in [6, 6.07) is 28.1. The van der Waals surface area contributed by atoms with Crippen molar-refractivity contribution in [2.45, 2.75) is 52.4 Å². The second kappa shape index (κ2) is 10.6. The van der Waals surface area contributed by atoms with E-state index in [0.29, 0.717) is 0 Å². The number of carbonyl (C=O) groups excluding carboxylic acids is 1. The molecule has 3 aromatic carbocycles. The Balaban J connectivity index is 1.98. The number of nitriles is 1. The second-order valence-corrected chi connectivity index (χ2v) is 14.6. The van der Waals surface area contributed by atoms with E-state index >= 15 is 0 Å². The fourth-order valence-corrected chi connectivity index (χ4v) is 7.20. The first-order valence-electron chi connectivity index (χ1n) is 11.3. The van der Waals surface area contributed by atoms with Crippen LogP contribution in [0.3, 0.4) is 0 Å². The van der Waals surface area contributed by atoms with Crippen molar-refractivity contribution in [1.82, 2.24) is 0 Å². The number of halogens is 1. The van der Waals surface area contributed by atoms with Crippen molar-refractivity contribution >= 4 is 32.3 Å². The van der Waals surface area contributed by atoms with Crippen molar-refractivity contribution in [3.8, 4) is 6.07 Å². The normalized spacial score (nSPS) is 12.6. The average Bonchev–Trinajstić information content (AvgIpc) is 2.80. The van der Waals surface area contributed by atoms with Gasteiger partial charge >= 0.3 is 212 Å². The van der Waals surface area contributed by atoms with E-state index in [0.717, 1.165) is 12.7 Å². The SMILES string of the molecule is CC(C)(C)c1ccc(I(OC(=O)C(C#N)=Cc2ccccc2)c2ccc(C(C)(C)C)cc2)cc1. The van der Waals surface area contributed by atoms with Gasteiger partial charge in [-0.05, 0) is 0 Å². The van der Waals surface area contributed by atoms with E-state index in [-0.39, 0.29) is 16.4 Å². The number of benzene rings is 3. The number of carbonyl (C=O) groups is 1. The first kappa shape index (κ1) is 25.7. The molecule has 0 saturated carbocycles. The second-order valence-electron chi connectivity index (χ2n) is 10.2. The predicted molar refractivity (Wildman–Crippen MR) is 148 cm³/mol. The molecule has 0 unspecified atom stereocenters. The molecule has 3 aromatic rings. The van der Waals surface area contributed by atoms with E-state index in [1.807, 2.05) is 36.4 Å². The van der Waals surface area contributed by atoms with E-state index in [1.54, 1.807) is 6.08 Å². The monoisotopic (exact) mass is 565 g/mol. The molecule has 0 aromatic heterocycles. The molecular formula is C30H32INO2. The summed E-state index contributed by atoms with van der Waals surface area (Å²) in [5, 5.41) is 9.66. The van der Waals surface area contributed by atoms with Crippen LogP contribution in [-0.4, -0.2) is 5.97 Å². The van der Waals surface area contributed by atoms with Crippen molar-refractivity contribution in [3.63, 3.8) is 0 Å². The van der Waals surface area contributed by atoms with Crippen LogP contribution < -0.4 is 0 Å². The Bertz CT molecular complexity index is 1130. The van der Waals surface area contributed by atoms with Gasteiger partial charge in [0.15, 0.2) is 0 Å². The molecule has 0 N–H and O–H groups in total. The molecule has 0 saturated heterocycles. The minimum atomic E-state index is -2.60. The third-order valence-corrected chi connectivity index (χ3v) is 9.96. The molecule has 3 rings (SSSR count). The Hall–Kier alpha value is -2.91. The summed E-state index contributed by atoms with van der Waals surface area (Å²) in [6.45, 7) is 13.1. The minimum absolute atomic E-state index is 0.00567. The summed E-state index contributed by atoms with van der Waals surface area (Å²) >= 11 is -2.60. The topological polar surface area (TPSA) is 50.1 Å². The Morgan fingerprint density at radius 2 is 1.21 bits per heavy atom.